The number of anilines is 1. The summed E-state index contributed by atoms with van der Waals surface area (Å²) in [6.07, 6.45) is -2.93. The van der Waals surface area contributed by atoms with Crippen LogP contribution in [0.3, 0.4) is 0 Å². The van der Waals surface area contributed by atoms with E-state index in [1.54, 1.807) is 24.0 Å². The molecule has 0 fully saturated rings. The number of nitrogens with one attached hydrogen (secondary N) is 1. The normalized spacial score (nSPS) is 11.4. The van der Waals surface area contributed by atoms with Gasteiger partial charge in [-0.2, -0.15) is 18.3 Å². The molecule has 0 aliphatic heterocycles. The van der Waals surface area contributed by atoms with E-state index in [0.29, 0.717) is 11.8 Å². The minimum Gasteiger partial charge on any atom is -0.374 e. The maximum absolute atomic E-state index is 12.6. The number of aryl methyl sites for hydroxylation is 1. The van der Waals surface area contributed by atoms with Crippen molar-refractivity contribution in [2.45, 2.75) is 12.7 Å². The van der Waals surface area contributed by atoms with Crippen LogP contribution in [0.2, 0.25) is 0 Å². The smallest absolute Gasteiger partial charge is 0.374 e. The van der Waals surface area contributed by atoms with Crippen LogP contribution in [0.4, 0.5) is 24.5 Å². The Balaban J connectivity index is 2.24. The SMILES string of the molecule is Cn1ccc(CNc2ccc(C(F)(F)F)cc2[N+](=O)[O-])n1. The molecule has 0 amide bonds. The van der Waals surface area contributed by atoms with Crippen LogP contribution in [-0.4, -0.2) is 14.7 Å². The molecular formula is C12H11F3N4O2. The van der Waals surface area contributed by atoms with Gasteiger partial charge in [0.15, 0.2) is 0 Å². The monoisotopic (exact) mass is 300 g/mol. The molecule has 1 N–H and O–H groups in total. The standard InChI is InChI=1S/C12H11F3N4O2/c1-18-5-4-9(17-18)7-16-10-3-2-8(12(13,14)15)6-11(10)19(20)21/h2-6,16H,7H2,1H3. The molecule has 0 atom stereocenters. The lowest BCUT2D eigenvalue weighted by molar-refractivity contribution is -0.384. The molecule has 0 saturated carbocycles. The number of hydrogen-bond acceptors (Lipinski definition) is 4. The maximum Gasteiger partial charge on any atom is 0.416 e. The van der Waals surface area contributed by atoms with Crippen LogP contribution in [-0.2, 0) is 19.8 Å². The Labute approximate surface area is 117 Å². The highest BCUT2D eigenvalue weighted by Crippen LogP contribution is 2.35. The molecule has 0 saturated heterocycles. The Morgan fingerprint density at radius 2 is 2.10 bits per heavy atom. The summed E-state index contributed by atoms with van der Waals surface area (Å²) in [6, 6.07) is 4.06. The second kappa shape index (κ2) is 5.43. The number of nitro groups is 1. The van der Waals surface area contributed by atoms with Gasteiger partial charge < -0.3 is 5.32 Å². The highest BCUT2D eigenvalue weighted by atomic mass is 19.4. The van der Waals surface area contributed by atoms with Crippen molar-refractivity contribution < 1.29 is 18.1 Å². The Morgan fingerprint density at radius 1 is 1.38 bits per heavy atom. The van der Waals surface area contributed by atoms with E-state index in [2.05, 4.69) is 10.4 Å². The second-order valence-corrected chi connectivity index (χ2v) is 4.32. The average molecular weight is 300 g/mol. The summed E-state index contributed by atoms with van der Waals surface area (Å²) in [7, 11) is 1.71. The summed E-state index contributed by atoms with van der Waals surface area (Å²) in [4.78, 5) is 10.0. The molecule has 0 spiro atoms. The number of nitro benzene ring substituents is 1. The van der Waals surface area contributed by atoms with Gasteiger partial charge in [0, 0.05) is 19.3 Å². The third kappa shape index (κ3) is 3.50. The third-order valence-electron chi connectivity index (χ3n) is 2.75. The molecular weight excluding hydrogens is 289 g/mol. The predicted octanol–water partition coefficient (Wildman–Crippen LogP) is 2.96. The van der Waals surface area contributed by atoms with Gasteiger partial charge in [0.1, 0.15) is 5.69 Å². The Hall–Kier alpha value is -2.58. The Bertz CT molecular complexity index is 667. The minimum atomic E-state index is -4.62. The molecule has 112 valence electrons. The molecule has 0 aliphatic rings. The van der Waals surface area contributed by atoms with Crippen molar-refractivity contribution in [3.8, 4) is 0 Å². The highest BCUT2D eigenvalue weighted by molar-refractivity contribution is 5.63. The van der Waals surface area contributed by atoms with Crippen LogP contribution < -0.4 is 5.32 Å². The first-order valence-corrected chi connectivity index (χ1v) is 5.85. The van der Waals surface area contributed by atoms with Crippen LogP contribution in [0, 0.1) is 10.1 Å². The zero-order valence-electron chi connectivity index (χ0n) is 10.9. The predicted molar refractivity (Wildman–Crippen MR) is 68.6 cm³/mol. The van der Waals surface area contributed by atoms with Gasteiger partial charge in [-0.3, -0.25) is 14.8 Å². The van der Waals surface area contributed by atoms with Gasteiger partial charge in [0.25, 0.3) is 5.69 Å². The van der Waals surface area contributed by atoms with Crippen molar-refractivity contribution in [1.29, 1.82) is 0 Å². The van der Waals surface area contributed by atoms with Crippen molar-refractivity contribution in [2.75, 3.05) is 5.32 Å². The van der Waals surface area contributed by atoms with Crippen LogP contribution in [0.1, 0.15) is 11.3 Å². The molecule has 1 aromatic heterocycles. The molecule has 0 radical (unpaired) electrons. The van der Waals surface area contributed by atoms with E-state index in [1.807, 2.05) is 0 Å². The van der Waals surface area contributed by atoms with Gasteiger partial charge in [0.2, 0.25) is 0 Å². The molecule has 0 unspecified atom stereocenters. The Kier molecular flexibility index (Phi) is 3.83. The zero-order chi connectivity index (χ0) is 15.6. The van der Waals surface area contributed by atoms with E-state index >= 15 is 0 Å². The van der Waals surface area contributed by atoms with Gasteiger partial charge in [-0.1, -0.05) is 0 Å². The van der Waals surface area contributed by atoms with Crippen molar-refractivity contribution >= 4 is 11.4 Å². The topological polar surface area (TPSA) is 73.0 Å². The van der Waals surface area contributed by atoms with Crippen molar-refractivity contribution in [1.82, 2.24) is 9.78 Å². The van der Waals surface area contributed by atoms with Gasteiger partial charge in [-0.05, 0) is 18.2 Å². The lowest BCUT2D eigenvalue weighted by Crippen LogP contribution is -2.08. The summed E-state index contributed by atoms with van der Waals surface area (Å²) < 4.78 is 39.2. The lowest BCUT2D eigenvalue weighted by Gasteiger charge is -2.09. The van der Waals surface area contributed by atoms with Gasteiger partial charge in [-0.15, -0.1) is 0 Å². The Morgan fingerprint density at radius 3 is 2.62 bits per heavy atom. The molecule has 6 nitrogen and oxygen atoms in total. The molecule has 1 heterocycles. The number of hydrogen-bond donors (Lipinski definition) is 1. The first-order chi connectivity index (χ1) is 9.77. The summed E-state index contributed by atoms with van der Waals surface area (Å²) in [5.74, 6) is 0. The second-order valence-electron chi connectivity index (χ2n) is 4.32. The molecule has 21 heavy (non-hydrogen) atoms. The molecule has 9 heteroatoms. The molecule has 2 aromatic rings. The van der Waals surface area contributed by atoms with E-state index in [1.165, 1.54) is 0 Å². The van der Waals surface area contributed by atoms with E-state index in [4.69, 9.17) is 0 Å². The summed E-state index contributed by atoms with van der Waals surface area (Å²) in [5, 5.41) is 17.7. The summed E-state index contributed by atoms with van der Waals surface area (Å²) in [5.41, 5.74) is -1.05. The number of benzene rings is 1. The number of alkyl halides is 3. The maximum atomic E-state index is 12.6. The van der Waals surface area contributed by atoms with Crippen LogP contribution in [0.5, 0.6) is 0 Å². The fourth-order valence-corrected chi connectivity index (χ4v) is 1.75. The van der Waals surface area contributed by atoms with Gasteiger partial charge >= 0.3 is 6.18 Å². The van der Waals surface area contributed by atoms with E-state index in [0.717, 1.165) is 12.1 Å². The molecule has 0 aliphatic carbocycles. The first kappa shape index (κ1) is 14.8. The third-order valence-corrected chi connectivity index (χ3v) is 2.75. The highest BCUT2D eigenvalue weighted by Gasteiger charge is 2.33. The van der Waals surface area contributed by atoms with E-state index in [-0.39, 0.29) is 12.2 Å². The van der Waals surface area contributed by atoms with Crippen LogP contribution in [0.25, 0.3) is 0 Å². The molecule has 1 aromatic carbocycles. The fraction of sp³-hybridized carbons (Fsp3) is 0.250. The number of aromatic nitrogens is 2. The van der Waals surface area contributed by atoms with Crippen molar-refractivity contribution in [2.24, 2.45) is 7.05 Å². The largest absolute Gasteiger partial charge is 0.416 e. The summed E-state index contributed by atoms with van der Waals surface area (Å²) >= 11 is 0. The van der Waals surface area contributed by atoms with E-state index in [9.17, 15) is 23.3 Å². The van der Waals surface area contributed by atoms with E-state index < -0.39 is 22.4 Å². The summed E-state index contributed by atoms with van der Waals surface area (Å²) in [6.45, 7) is 0.174. The molecule has 2 rings (SSSR count). The number of halogens is 3. The van der Waals surface area contributed by atoms with Crippen molar-refractivity contribution in [3.63, 3.8) is 0 Å². The quantitative estimate of drug-likeness (QED) is 0.696. The van der Waals surface area contributed by atoms with Gasteiger partial charge in [0.05, 0.1) is 22.7 Å². The van der Waals surface area contributed by atoms with Gasteiger partial charge in [-0.25, -0.2) is 0 Å². The molecule has 0 bridgehead atoms. The van der Waals surface area contributed by atoms with Crippen LogP contribution in [0.15, 0.2) is 30.5 Å². The fourth-order valence-electron chi connectivity index (χ4n) is 1.75. The van der Waals surface area contributed by atoms with Crippen molar-refractivity contribution in [3.05, 3.63) is 51.8 Å². The number of rotatable bonds is 4. The first-order valence-electron chi connectivity index (χ1n) is 5.85. The zero-order valence-corrected chi connectivity index (χ0v) is 10.9. The average Bonchev–Trinajstić information content (AvgIpc) is 2.80. The lowest BCUT2D eigenvalue weighted by atomic mass is 10.1. The minimum absolute atomic E-state index is 0.0126. The number of nitrogens with zero attached hydrogens (tertiary/aromatic N) is 3. The van der Waals surface area contributed by atoms with Crippen LogP contribution >= 0.6 is 0 Å².